The number of nitrogens with zero attached hydrogens (tertiary/aromatic N) is 4. The Morgan fingerprint density at radius 2 is 2.18 bits per heavy atom. The number of thioether (sulfide) groups is 1. The van der Waals surface area contributed by atoms with E-state index in [0.29, 0.717) is 0 Å². The molecule has 0 N–H and O–H groups in total. The summed E-state index contributed by atoms with van der Waals surface area (Å²) < 4.78 is 6.11. The molecule has 2 aromatic heterocycles. The molecule has 22 heavy (non-hydrogen) atoms. The molecule has 3 rings (SSSR count). The summed E-state index contributed by atoms with van der Waals surface area (Å²) in [6, 6.07) is 3.97. The van der Waals surface area contributed by atoms with E-state index in [9.17, 15) is 0 Å². The van der Waals surface area contributed by atoms with Crippen molar-refractivity contribution >= 4 is 17.6 Å². The zero-order valence-corrected chi connectivity index (χ0v) is 13.9. The highest BCUT2D eigenvalue weighted by atomic mass is 32.2. The van der Waals surface area contributed by atoms with Gasteiger partial charge in [0.05, 0.1) is 6.54 Å². The Bertz CT molecular complexity index is 664. The van der Waals surface area contributed by atoms with E-state index >= 15 is 0 Å². The smallest absolute Gasteiger partial charge is 0.189 e. The summed E-state index contributed by atoms with van der Waals surface area (Å²) in [6.07, 6.45) is 6.79. The third-order valence-electron chi connectivity index (χ3n) is 3.73. The van der Waals surface area contributed by atoms with E-state index in [-0.39, 0.29) is 6.10 Å². The van der Waals surface area contributed by atoms with Gasteiger partial charge in [-0.05, 0) is 26.2 Å². The predicted octanol–water partition coefficient (Wildman–Crippen LogP) is 2.87. The van der Waals surface area contributed by atoms with Crippen LogP contribution in [0.5, 0.6) is 5.75 Å². The van der Waals surface area contributed by atoms with Crippen molar-refractivity contribution in [2.45, 2.75) is 31.5 Å². The predicted molar refractivity (Wildman–Crippen MR) is 88.8 cm³/mol. The number of pyridine rings is 1. The van der Waals surface area contributed by atoms with Crippen molar-refractivity contribution < 1.29 is 4.74 Å². The van der Waals surface area contributed by atoms with Crippen molar-refractivity contribution in [3.05, 3.63) is 35.8 Å². The molecule has 1 unspecified atom stereocenters. The summed E-state index contributed by atoms with van der Waals surface area (Å²) >= 11 is 1.57. The Hall–Kier alpha value is -1.82. The van der Waals surface area contributed by atoms with Crippen LogP contribution in [0.2, 0.25) is 0 Å². The Morgan fingerprint density at radius 3 is 2.95 bits per heavy atom. The van der Waals surface area contributed by atoms with Gasteiger partial charge in [-0.1, -0.05) is 11.8 Å². The molecule has 1 aliphatic heterocycles. The minimum atomic E-state index is 0.189. The first kappa shape index (κ1) is 15.1. The van der Waals surface area contributed by atoms with Crippen molar-refractivity contribution in [3.8, 4) is 5.75 Å². The summed E-state index contributed by atoms with van der Waals surface area (Å²) in [7, 11) is 0. The molecular formula is C16H20N4OS. The first-order valence-electron chi connectivity index (χ1n) is 7.37. The molecule has 0 aliphatic carbocycles. The highest BCUT2D eigenvalue weighted by Crippen LogP contribution is 2.25. The van der Waals surface area contributed by atoms with Crippen molar-refractivity contribution in [1.82, 2.24) is 15.0 Å². The molecule has 0 bridgehead atoms. The molecule has 1 aliphatic rings. The fraction of sp³-hybridized carbons (Fsp3) is 0.438. The van der Waals surface area contributed by atoms with Crippen LogP contribution in [0.1, 0.15) is 17.7 Å². The number of aryl methyl sites for hydroxylation is 2. The Balaban J connectivity index is 1.70. The highest BCUT2D eigenvalue weighted by molar-refractivity contribution is 7.98. The summed E-state index contributed by atoms with van der Waals surface area (Å²) in [5.74, 6) is 1.92. The molecule has 0 saturated carbocycles. The van der Waals surface area contributed by atoms with Crippen molar-refractivity contribution in [1.29, 1.82) is 0 Å². The lowest BCUT2D eigenvalue weighted by Gasteiger charge is -2.19. The molecule has 1 saturated heterocycles. The van der Waals surface area contributed by atoms with Gasteiger partial charge in [-0.3, -0.25) is 4.98 Å². The summed E-state index contributed by atoms with van der Waals surface area (Å²) in [5, 5.41) is 0.823. The van der Waals surface area contributed by atoms with Gasteiger partial charge in [0, 0.05) is 42.7 Å². The fourth-order valence-corrected chi connectivity index (χ4v) is 3.00. The van der Waals surface area contributed by atoms with Crippen LogP contribution in [-0.2, 0) is 0 Å². The van der Waals surface area contributed by atoms with E-state index in [2.05, 4.69) is 19.9 Å². The van der Waals surface area contributed by atoms with E-state index < -0.39 is 0 Å². The van der Waals surface area contributed by atoms with Gasteiger partial charge in [-0.15, -0.1) is 0 Å². The van der Waals surface area contributed by atoms with E-state index in [4.69, 9.17) is 4.74 Å². The number of aromatic nitrogens is 3. The van der Waals surface area contributed by atoms with Crippen LogP contribution in [0, 0.1) is 13.8 Å². The van der Waals surface area contributed by atoms with Crippen LogP contribution >= 0.6 is 11.8 Å². The van der Waals surface area contributed by atoms with E-state index in [1.807, 2.05) is 38.4 Å². The Labute approximate surface area is 135 Å². The molecule has 0 aromatic carbocycles. The van der Waals surface area contributed by atoms with E-state index in [1.54, 1.807) is 18.0 Å². The third kappa shape index (κ3) is 3.32. The van der Waals surface area contributed by atoms with Gasteiger partial charge in [0.1, 0.15) is 17.7 Å². The monoisotopic (exact) mass is 316 g/mol. The zero-order chi connectivity index (χ0) is 15.5. The molecule has 0 spiro atoms. The molecule has 1 fully saturated rings. The lowest BCUT2D eigenvalue weighted by molar-refractivity contribution is 0.223. The maximum Gasteiger partial charge on any atom is 0.189 e. The largest absolute Gasteiger partial charge is 0.488 e. The van der Waals surface area contributed by atoms with Crippen LogP contribution in [0.25, 0.3) is 0 Å². The van der Waals surface area contributed by atoms with Crippen molar-refractivity contribution in [3.63, 3.8) is 0 Å². The van der Waals surface area contributed by atoms with Crippen LogP contribution in [0.15, 0.2) is 29.7 Å². The van der Waals surface area contributed by atoms with Gasteiger partial charge in [0.2, 0.25) is 0 Å². The second-order valence-electron chi connectivity index (χ2n) is 5.47. The molecular weight excluding hydrogens is 296 g/mol. The molecule has 1 atom stereocenters. The SMILES string of the molecule is CSc1nc(C)cc(N2CCC(Oc3ccncc3C)C2)n1. The normalized spacial score (nSPS) is 17.8. The van der Waals surface area contributed by atoms with E-state index in [0.717, 1.165) is 47.5 Å². The topological polar surface area (TPSA) is 51.1 Å². The lowest BCUT2D eigenvalue weighted by Crippen LogP contribution is -2.25. The number of anilines is 1. The number of hydrogen-bond donors (Lipinski definition) is 0. The lowest BCUT2D eigenvalue weighted by atomic mass is 10.2. The second kappa shape index (κ2) is 6.52. The quantitative estimate of drug-likeness (QED) is 0.638. The van der Waals surface area contributed by atoms with Crippen LogP contribution in [0.4, 0.5) is 5.82 Å². The number of hydrogen-bond acceptors (Lipinski definition) is 6. The average Bonchev–Trinajstić information content (AvgIpc) is 2.97. The Kier molecular flexibility index (Phi) is 4.47. The molecule has 2 aromatic rings. The Morgan fingerprint density at radius 1 is 1.32 bits per heavy atom. The van der Waals surface area contributed by atoms with Gasteiger partial charge >= 0.3 is 0 Å². The van der Waals surface area contributed by atoms with Crippen LogP contribution in [0.3, 0.4) is 0 Å². The first-order valence-corrected chi connectivity index (χ1v) is 8.60. The number of ether oxygens (including phenoxy) is 1. The fourth-order valence-electron chi connectivity index (χ4n) is 2.58. The van der Waals surface area contributed by atoms with Crippen LogP contribution < -0.4 is 9.64 Å². The number of rotatable bonds is 4. The molecule has 116 valence electrons. The maximum atomic E-state index is 6.11. The van der Waals surface area contributed by atoms with Crippen molar-refractivity contribution in [2.75, 3.05) is 24.2 Å². The van der Waals surface area contributed by atoms with Gasteiger partial charge in [-0.25, -0.2) is 9.97 Å². The molecule has 3 heterocycles. The second-order valence-corrected chi connectivity index (χ2v) is 6.24. The minimum Gasteiger partial charge on any atom is -0.488 e. The van der Waals surface area contributed by atoms with Gasteiger partial charge in [0.25, 0.3) is 0 Å². The van der Waals surface area contributed by atoms with E-state index in [1.165, 1.54) is 0 Å². The van der Waals surface area contributed by atoms with Crippen molar-refractivity contribution in [2.24, 2.45) is 0 Å². The third-order valence-corrected chi connectivity index (χ3v) is 4.28. The standard InChI is InChI=1S/C16H20N4OS/c1-11-9-17-6-4-14(11)21-13-5-7-20(10-13)15-8-12(2)18-16(19-15)22-3/h4,6,8-9,13H,5,7,10H2,1-3H3. The highest BCUT2D eigenvalue weighted by Gasteiger charge is 2.26. The maximum absolute atomic E-state index is 6.11. The summed E-state index contributed by atoms with van der Waals surface area (Å²) in [5.41, 5.74) is 2.08. The molecule has 0 amide bonds. The van der Waals surface area contributed by atoms with Gasteiger partial charge in [0.15, 0.2) is 5.16 Å². The summed E-state index contributed by atoms with van der Waals surface area (Å²) in [4.78, 5) is 15.4. The van der Waals surface area contributed by atoms with Gasteiger partial charge in [-0.2, -0.15) is 0 Å². The molecule has 0 radical (unpaired) electrons. The van der Waals surface area contributed by atoms with Gasteiger partial charge < -0.3 is 9.64 Å². The molecule has 6 heteroatoms. The minimum absolute atomic E-state index is 0.189. The zero-order valence-electron chi connectivity index (χ0n) is 13.1. The average molecular weight is 316 g/mol. The van der Waals surface area contributed by atoms with Crippen LogP contribution in [-0.4, -0.2) is 40.4 Å². The molecule has 5 nitrogen and oxygen atoms in total. The first-order chi connectivity index (χ1) is 10.7. The summed E-state index contributed by atoms with van der Waals surface area (Å²) in [6.45, 7) is 5.84.